The highest BCUT2D eigenvalue weighted by molar-refractivity contribution is 6.02. The predicted octanol–water partition coefficient (Wildman–Crippen LogP) is 2.73. The van der Waals surface area contributed by atoms with Crippen molar-refractivity contribution in [2.75, 3.05) is 6.54 Å². The van der Waals surface area contributed by atoms with Crippen LogP contribution in [0.15, 0.2) is 48.5 Å². The Bertz CT molecular complexity index is 682. The van der Waals surface area contributed by atoms with Crippen LogP contribution in [0.1, 0.15) is 27.6 Å². The van der Waals surface area contributed by atoms with E-state index in [4.69, 9.17) is 4.74 Å². The van der Waals surface area contributed by atoms with Gasteiger partial charge < -0.3 is 4.74 Å². The van der Waals surface area contributed by atoms with Crippen molar-refractivity contribution in [2.45, 2.75) is 13.0 Å². The summed E-state index contributed by atoms with van der Waals surface area (Å²) in [7, 11) is 0. The van der Waals surface area contributed by atoms with Gasteiger partial charge in [-0.05, 0) is 24.6 Å². The zero-order valence-corrected chi connectivity index (χ0v) is 11.7. The van der Waals surface area contributed by atoms with E-state index in [2.05, 4.69) is 0 Å². The Hall–Kier alpha value is -2.62. The molecule has 1 aliphatic heterocycles. The number of benzene rings is 2. The highest BCUT2D eigenvalue weighted by atomic mass is 16.5. The first kappa shape index (κ1) is 13.4. The van der Waals surface area contributed by atoms with E-state index < -0.39 is 0 Å². The molecule has 0 fully saturated rings. The Morgan fingerprint density at radius 1 is 1.19 bits per heavy atom. The van der Waals surface area contributed by atoms with Gasteiger partial charge in [0.05, 0.1) is 12.1 Å². The first-order valence-corrected chi connectivity index (χ1v) is 6.77. The van der Waals surface area contributed by atoms with Crippen LogP contribution in [0.3, 0.4) is 0 Å². The second-order valence-corrected chi connectivity index (χ2v) is 5.08. The minimum Gasteiger partial charge on any atom is -0.483 e. The fraction of sp³-hybridized carbons (Fsp3) is 0.176. The number of carbonyl (C=O) groups is 2. The van der Waals surface area contributed by atoms with Gasteiger partial charge in [0.2, 0.25) is 6.41 Å². The molecular weight excluding hydrogens is 266 g/mol. The molecule has 21 heavy (non-hydrogen) atoms. The molecule has 0 saturated heterocycles. The van der Waals surface area contributed by atoms with E-state index in [0.29, 0.717) is 17.7 Å². The number of amides is 2. The Labute approximate surface area is 123 Å². The lowest BCUT2D eigenvalue weighted by Crippen LogP contribution is -2.32. The molecule has 0 bridgehead atoms. The van der Waals surface area contributed by atoms with Crippen LogP contribution >= 0.6 is 0 Å². The number of imide groups is 1. The third kappa shape index (κ3) is 2.52. The van der Waals surface area contributed by atoms with Crippen molar-refractivity contribution in [1.82, 2.24) is 4.90 Å². The van der Waals surface area contributed by atoms with Gasteiger partial charge in [-0.2, -0.15) is 0 Å². The molecule has 4 nitrogen and oxygen atoms in total. The Kier molecular flexibility index (Phi) is 3.44. The van der Waals surface area contributed by atoms with Crippen molar-refractivity contribution in [3.05, 3.63) is 65.2 Å². The molecule has 2 amide bonds. The third-order valence-electron chi connectivity index (χ3n) is 3.56. The molecule has 106 valence electrons. The summed E-state index contributed by atoms with van der Waals surface area (Å²) in [5, 5.41) is 0. The quantitative estimate of drug-likeness (QED) is 0.795. The van der Waals surface area contributed by atoms with Gasteiger partial charge in [0.25, 0.3) is 5.91 Å². The molecule has 4 heteroatoms. The highest BCUT2D eigenvalue weighted by Gasteiger charge is 2.29. The van der Waals surface area contributed by atoms with Crippen molar-refractivity contribution >= 4 is 12.3 Å². The Morgan fingerprint density at radius 2 is 1.95 bits per heavy atom. The van der Waals surface area contributed by atoms with E-state index >= 15 is 0 Å². The SMILES string of the molecule is Cc1ccc2c(c1)C(=O)N(C=O)CC(c1ccccc1)O2. The fourth-order valence-corrected chi connectivity index (χ4v) is 2.45. The van der Waals surface area contributed by atoms with Gasteiger partial charge in [-0.15, -0.1) is 0 Å². The number of aryl methyl sites for hydroxylation is 1. The number of rotatable bonds is 2. The zero-order chi connectivity index (χ0) is 14.8. The van der Waals surface area contributed by atoms with Gasteiger partial charge in [0, 0.05) is 0 Å². The molecule has 1 atom stereocenters. The molecule has 3 rings (SSSR count). The first-order chi connectivity index (χ1) is 10.2. The monoisotopic (exact) mass is 281 g/mol. The maximum atomic E-state index is 12.4. The van der Waals surface area contributed by atoms with Crippen LogP contribution in [0.25, 0.3) is 0 Å². The number of nitrogens with zero attached hydrogens (tertiary/aromatic N) is 1. The van der Waals surface area contributed by atoms with E-state index in [0.717, 1.165) is 11.1 Å². The lowest BCUT2D eigenvalue weighted by atomic mass is 10.1. The zero-order valence-electron chi connectivity index (χ0n) is 11.7. The number of hydrogen-bond donors (Lipinski definition) is 0. The molecule has 0 aromatic heterocycles. The molecule has 0 N–H and O–H groups in total. The highest BCUT2D eigenvalue weighted by Crippen LogP contribution is 2.31. The molecular formula is C17H15NO3. The van der Waals surface area contributed by atoms with Crippen LogP contribution in [0.2, 0.25) is 0 Å². The van der Waals surface area contributed by atoms with Gasteiger partial charge in [-0.1, -0.05) is 42.0 Å². The summed E-state index contributed by atoms with van der Waals surface area (Å²) < 4.78 is 5.98. The summed E-state index contributed by atoms with van der Waals surface area (Å²) in [6.45, 7) is 2.11. The molecule has 2 aromatic carbocycles. The topological polar surface area (TPSA) is 46.6 Å². The number of hydrogen-bond acceptors (Lipinski definition) is 3. The van der Waals surface area contributed by atoms with Gasteiger partial charge in [0.1, 0.15) is 11.9 Å². The van der Waals surface area contributed by atoms with Gasteiger partial charge in [-0.25, -0.2) is 0 Å². The molecule has 0 spiro atoms. The second-order valence-electron chi connectivity index (χ2n) is 5.08. The number of carbonyl (C=O) groups excluding carboxylic acids is 2. The molecule has 1 unspecified atom stereocenters. The molecule has 0 aliphatic carbocycles. The van der Waals surface area contributed by atoms with Crippen molar-refractivity contribution < 1.29 is 14.3 Å². The maximum Gasteiger partial charge on any atom is 0.264 e. The smallest absolute Gasteiger partial charge is 0.264 e. The largest absolute Gasteiger partial charge is 0.483 e. The van der Waals surface area contributed by atoms with Crippen LogP contribution in [0, 0.1) is 6.92 Å². The summed E-state index contributed by atoms with van der Waals surface area (Å²) in [4.78, 5) is 24.8. The Morgan fingerprint density at radius 3 is 2.67 bits per heavy atom. The normalized spacial score (nSPS) is 17.7. The minimum absolute atomic E-state index is 0.208. The van der Waals surface area contributed by atoms with Crippen LogP contribution in [-0.4, -0.2) is 23.8 Å². The summed E-state index contributed by atoms with van der Waals surface area (Å²) in [6, 6.07) is 15.0. The van der Waals surface area contributed by atoms with E-state index in [1.54, 1.807) is 12.1 Å². The summed E-state index contributed by atoms with van der Waals surface area (Å²) in [6.07, 6.45) is 0.211. The standard InChI is InChI=1S/C17H15NO3/c1-12-7-8-15-14(9-12)17(20)18(11-19)10-16(21-15)13-5-3-2-4-6-13/h2-9,11,16H,10H2,1H3. The van der Waals surface area contributed by atoms with Crippen molar-refractivity contribution in [2.24, 2.45) is 0 Å². The van der Waals surface area contributed by atoms with Crippen LogP contribution in [0.4, 0.5) is 0 Å². The average Bonchev–Trinajstić information content (AvgIpc) is 2.65. The van der Waals surface area contributed by atoms with Crippen LogP contribution < -0.4 is 4.74 Å². The molecule has 0 radical (unpaired) electrons. The summed E-state index contributed by atoms with van der Waals surface area (Å²) >= 11 is 0. The molecule has 1 heterocycles. The van der Waals surface area contributed by atoms with Crippen LogP contribution in [-0.2, 0) is 4.79 Å². The van der Waals surface area contributed by atoms with E-state index in [-0.39, 0.29) is 18.6 Å². The van der Waals surface area contributed by atoms with Crippen molar-refractivity contribution in [3.8, 4) is 5.75 Å². The first-order valence-electron chi connectivity index (χ1n) is 6.77. The van der Waals surface area contributed by atoms with Gasteiger partial charge >= 0.3 is 0 Å². The minimum atomic E-state index is -0.357. The fourth-order valence-electron chi connectivity index (χ4n) is 2.45. The molecule has 0 saturated carbocycles. The number of fused-ring (bicyclic) bond motifs is 1. The lowest BCUT2D eigenvalue weighted by molar-refractivity contribution is -0.116. The average molecular weight is 281 g/mol. The Balaban J connectivity index is 2.06. The summed E-state index contributed by atoms with van der Waals surface area (Å²) in [5.74, 6) is 0.200. The van der Waals surface area contributed by atoms with E-state index in [1.807, 2.05) is 43.3 Å². The van der Waals surface area contributed by atoms with Crippen molar-refractivity contribution in [1.29, 1.82) is 0 Å². The van der Waals surface area contributed by atoms with E-state index in [9.17, 15) is 9.59 Å². The molecule has 1 aliphatic rings. The lowest BCUT2D eigenvalue weighted by Gasteiger charge is -2.19. The second kappa shape index (κ2) is 5.40. The summed E-state index contributed by atoms with van der Waals surface area (Å²) in [5.41, 5.74) is 2.32. The van der Waals surface area contributed by atoms with Gasteiger partial charge in [-0.3, -0.25) is 14.5 Å². The van der Waals surface area contributed by atoms with Crippen LogP contribution in [0.5, 0.6) is 5.75 Å². The van der Waals surface area contributed by atoms with Crippen molar-refractivity contribution in [3.63, 3.8) is 0 Å². The number of ether oxygens (including phenoxy) is 1. The van der Waals surface area contributed by atoms with Gasteiger partial charge in [0.15, 0.2) is 0 Å². The third-order valence-corrected chi connectivity index (χ3v) is 3.56. The maximum absolute atomic E-state index is 12.4. The van der Waals surface area contributed by atoms with E-state index in [1.165, 1.54) is 4.90 Å². The molecule has 2 aromatic rings. The predicted molar refractivity (Wildman–Crippen MR) is 78.1 cm³/mol.